The third-order valence-electron chi connectivity index (χ3n) is 3.99. The van der Waals surface area contributed by atoms with Gasteiger partial charge in [0.25, 0.3) is 0 Å². The predicted molar refractivity (Wildman–Crippen MR) is 104 cm³/mol. The Morgan fingerprint density at radius 3 is 2.64 bits per heavy atom. The molecule has 2 aromatic rings. The summed E-state index contributed by atoms with van der Waals surface area (Å²) in [6.07, 6.45) is 3.97. The first-order chi connectivity index (χ1) is 11.9. The van der Waals surface area contributed by atoms with Crippen LogP contribution >= 0.6 is 11.3 Å². The van der Waals surface area contributed by atoms with Crippen molar-refractivity contribution in [3.8, 4) is 0 Å². The molecule has 0 aromatic carbocycles. The summed E-state index contributed by atoms with van der Waals surface area (Å²) in [5, 5.41) is 12.1. The van der Waals surface area contributed by atoms with E-state index in [0.29, 0.717) is 6.54 Å². The van der Waals surface area contributed by atoms with Gasteiger partial charge in [-0.1, -0.05) is 0 Å². The van der Waals surface area contributed by atoms with Crippen LogP contribution in [0.4, 0.5) is 0 Å². The van der Waals surface area contributed by atoms with Crippen LogP contribution in [0.2, 0.25) is 0 Å². The largest absolute Gasteiger partial charge is 0.357 e. The summed E-state index contributed by atoms with van der Waals surface area (Å²) in [7, 11) is 6.09. The lowest BCUT2D eigenvalue weighted by atomic mass is 10.1. The molecule has 1 atom stereocenters. The number of aryl methyl sites for hydroxylation is 3. The maximum atomic E-state index is 4.67. The van der Waals surface area contributed by atoms with Crippen molar-refractivity contribution in [1.82, 2.24) is 30.3 Å². The van der Waals surface area contributed by atoms with E-state index in [1.807, 2.05) is 24.9 Å². The highest BCUT2D eigenvalue weighted by Gasteiger charge is 2.16. The van der Waals surface area contributed by atoms with Crippen molar-refractivity contribution in [3.63, 3.8) is 0 Å². The molecule has 0 spiro atoms. The summed E-state index contributed by atoms with van der Waals surface area (Å²) in [6.45, 7) is 8.37. The van der Waals surface area contributed by atoms with Gasteiger partial charge in [0.05, 0.1) is 24.5 Å². The second-order valence-electron chi connectivity index (χ2n) is 6.25. The number of nitrogens with zero attached hydrogens (tertiary/aromatic N) is 5. The SMILES string of the molecule is CCNC(=NCc1nc(C)c(C)s1)NCC(c1cnn(C)c1)N(C)C. The van der Waals surface area contributed by atoms with Crippen molar-refractivity contribution >= 4 is 17.3 Å². The summed E-state index contributed by atoms with van der Waals surface area (Å²) < 4.78 is 1.83. The van der Waals surface area contributed by atoms with Crippen LogP contribution in [-0.4, -0.2) is 52.8 Å². The highest BCUT2D eigenvalue weighted by atomic mass is 32.1. The van der Waals surface area contributed by atoms with Gasteiger partial charge < -0.3 is 15.5 Å². The minimum Gasteiger partial charge on any atom is -0.357 e. The van der Waals surface area contributed by atoms with E-state index < -0.39 is 0 Å². The van der Waals surface area contributed by atoms with E-state index in [4.69, 9.17) is 0 Å². The Kier molecular flexibility index (Phi) is 6.95. The number of hydrogen-bond donors (Lipinski definition) is 2. The van der Waals surface area contributed by atoms with Crippen LogP contribution in [0.5, 0.6) is 0 Å². The quantitative estimate of drug-likeness (QED) is 0.580. The molecule has 0 fully saturated rings. The van der Waals surface area contributed by atoms with Gasteiger partial charge in [0.1, 0.15) is 5.01 Å². The van der Waals surface area contributed by atoms with E-state index in [-0.39, 0.29) is 6.04 Å². The van der Waals surface area contributed by atoms with Crippen LogP contribution in [0, 0.1) is 13.8 Å². The molecule has 1 unspecified atom stereocenters. The minimum atomic E-state index is 0.224. The molecule has 0 aliphatic heterocycles. The topological polar surface area (TPSA) is 70.4 Å². The van der Waals surface area contributed by atoms with Crippen LogP contribution in [-0.2, 0) is 13.6 Å². The minimum absolute atomic E-state index is 0.224. The average Bonchev–Trinajstić information content (AvgIpc) is 3.11. The zero-order valence-corrected chi connectivity index (χ0v) is 16.8. The summed E-state index contributed by atoms with van der Waals surface area (Å²) in [5.41, 5.74) is 2.28. The third kappa shape index (κ3) is 5.54. The molecule has 0 saturated heterocycles. The zero-order chi connectivity index (χ0) is 18.4. The molecular weight excluding hydrogens is 334 g/mol. The van der Waals surface area contributed by atoms with Gasteiger partial charge in [-0.3, -0.25) is 4.68 Å². The van der Waals surface area contributed by atoms with Crippen LogP contribution in [0.1, 0.15) is 34.1 Å². The number of nitrogens with one attached hydrogen (secondary N) is 2. The molecule has 2 aromatic heterocycles. The lowest BCUT2D eigenvalue weighted by Crippen LogP contribution is -2.41. The Labute approximate surface area is 154 Å². The number of aliphatic imine (C=N–C) groups is 1. The van der Waals surface area contributed by atoms with Gasteiger partial charge in [-0.15, -0.1) is 11.3 Å². The Bertz CT molecular complexity index is 682. The molecule has 2 heterocycles. The van der Waals surface area contributed by atoms with Crippen LogP contribution in [0.15, 0.2) is 17.4 Å². The predicted octanol–water partition coefficient (Wildman–Crippen LogP) is 1.85. The van der Waals surface area contributed by atoms with Crippen molar-refractivity contribution in [1.29, 1.82) is 0 Å². The first-order valence-corrected chi connectivity index (χ1v) is 9.32. The maximum absolute atomic E-state index is 4.67. The molecule has 25 heavy (non-hydrogen) atoms. The Balaban J connectivity index is 2.02. The lowest BCUT2D eigenvalue weighted by Gasteiger charge is -2.24. The number of thiazole rings is 1. The van der Waals surface area contributed by atoms with Gasteiger partial charge in [0.15, 0.2) is 5.96 Å². The number of aromatic nitrogens is 3. The van der Waals surface area contributed by atoms with E-state index >= 15 is 0 Å². The molecular formula is C17H29N7S. The van der Waals surface area contributed by atoms with Crippen molar-refractivity contribution < 1.29 is 0 Å². The zero-order valence-electron chi connectivity index (χ0n) is 16.0. The monoisotopic (exact) mass is 363 g/mol. The van der Waals surface area contributed by atoms with Gasteiger partial charge in [-0.2, -0.15) is 5.10 Å². The molecule has 0 bridgehead atoms. The van der Waals surface area contributed by atoms with Crippen LogP contribution in [0.25, 0.3) is 0 Å². The second kappa shape index (κ2) is 8.96. The fourth-order valence-electron chi connectivity index (χ4n) is 2.50. The lowest BCUT2D eigenvalue weighted by molar-refractivity contribution is 0.298. The van der Waals surface area contributed by atoms with Crippen molar-refractivity contribution in [2.24, 2.45) is 12.0 Å². The number of hydrogen-bond acceptors (Lipinski definition) is 5. The Morgan fingerprint density at radius 1 is 1.36 bits per heavy atom. The summed E-state index contributed by atoms with van der Waals surface area (Å²) in [4.78, 5) is 12.7. The van der Waals surface area contributed by atoms with E-state index in [1.54, 1.807) is 11.3 Å². The first-order valence-electron chi connectivity index (χ1n) is 8.50. The molecule has 0 radical (unpaired) electrons. The first kappa shape index (κ1) is 19.4. The molecule has 7 nitrogen and oxygen atoms in total. The fourth-order valence-corrected chi connectivity index (χ4v) is 3.36. The Hall–Kier alpha value is -1.93. The summed E-state index contributed by atoms with van der Waals surface area (Å²) in [5.74, 6) is 0.809. The number of rotatable bonds is 7. The molecule has 2 N–H and O–H groups in total. The molecule has 0 saturated carbocycles. The molecule has 0 aliphatic carbocycles. The smallest absolute Gasteiger partial charge is 0.191 e. The van der Waals surface area contributed by atoms with Gasteiger partial charge in [0, 0.05) is 36.8 Å². The van der Waals surface area contributed by atoms with E-state index in [0.717, 1.165) is 29.8 Å². The fraction of sp³-hybridized carbons (Fsp3) is 0.588. The van der Waals surface area contributed by atoms with Crippen LogP contribution < -0.4 is 10.6 Å². The van der Waals surface area contributed by atoms with E-state index in [2.05, 4.69) is 64.7 Å². The normalized spacial score (nSPS) is 13.3. The summed E-state index contributed by atoms with van der Waals surface area (Å²) in [6, 6.07) is 0.224. The van der Waals surface area contributed by atoms with Gasteiger partial charge in [-0.05, 0) is 34.9 Å². The highest BCUT2D eigenvalue weighted by Crippen LogP contribution is 2.17. The highest BCUT2D eigenvalue weighted by molar-refractivity contribution is 7.11. The molecule has 8 heteroatoms. The van der Waals surface area contributed by atoms with Crippen molar-refractivity contribution in [2.45, 2.75) is 33.4 Å². The molecule has 138 valence electrons. The van der Waals surface area contributed by atoms with E-state index in [1.165, 1.54) is 10.4 Å². The summed E-state index contributed by atoms with van der Waals surface area (Å²) >= 11 is 1.71. The maximum Gasteiger partial charge on any atom is 0.191 e. The number of likely N-dealkylation sites (N-methyl/N-ethyl adjacent to an activating group) is 1. The standard InChI is InChI=1S/C17H29N7S/c1-7-18-17(20-10-16-22-12(2)13(3)25-16)19-9-15(23(4)5)14-8-21-24(6)11-14/h8,11,15H,7,9-10H2,1-6H3,(H2,18,19,20). The third-order valence-corrected chi connectivity index (χ3v) is 5.04. The molecule has 0 amide bonds. The van der Waals surface area contributed by atoms with Crippen molar-refractivity contribution in [2.75, 3.05) is 27.2 Å². The second-order valence-corrected chi connectivity index (χ2v) is 7.54. The Morgan fingerprint density at radius 2 is 2.12 bits per heavy atom. The van der Waals surface area contributed by atoms with Crippen LogP contribution in [0.3, 0.4) is 0 Å². The van der Waals surface area contributed by atoms with Gasteiger partial charge >= 0.3 is 0 Å². The molecule has 2 rings (SSSR count). The number of guanidine groups is 1. The van der Waals surface area contributed by atoms with Gasteiger partial charge in [0.2, 0.25) is 0 Å². The molecule has 0 aliphatic rings. The average molecular weight is 364 g/mol. The van der Waals surface area contributed by atoms with Crippen molar-refractivity contribution in [3.05, 3.63) is 33.5 Å². The van der Waals surface area contributed by atoms with Gasteiger partial charge in [-0.25, -0.2) is 9.98 Å². The van der Waals surface area contributed by atoms with E-state index in [9.17, 15) is 0 Å².